The lowest BCUT2D eigenvalue weighted by Crippen LogP contribution is -2.12. The number of fused-ring (bicyclic) bond motifs is 2. The SMILES string of the molecule is CC(C)C1CCCCC1.O=c1oc(-c2cccc(C(F)(F)F)n2)nc2cc3cn[nH]c3cc12. The maximum Gasteiger partial charge on any atom is 0.433 e. The molecule has 3 heterocycles. The van der Waals surface area contributed by atoms with Crippen molar-refractivity contribution in [3.05, 3.63) is 52.6 Å². The Hall–Kier alpha value is -3.23. The van der Waals surface area contributed by atoms with Crippen molar-refractivity contribution in [3.63, 3.8) is 0 Å². The standard InChI is InChI=1S/C15H7F3N4O2.C9H18/c16-15(17,18)12-3-1-2-9(20-12)13-21-11-4-7-6-19-22-10(7)5-8(11)14(23)24-13;1-8(2)9-6-4-3-5-7-9/h1-6H,(H,19,22);8-9H,3-7H2,1-2H3. The molecule has 0 saturated heterocycles. The zero-order chi connectivity index (χ0) is 23.6. The van der Waals surface area contributed by atoms with Gasteiger partial charge in [-0.1, -0.05) is 52.0 Å². The van der Waals surface area contributed by atoms with Crippen LogP contribution in [0.1, 0.15) is 51.6 Å². The number of nitrogens with zero attached hydrogens (tertiary/aromatic N) is 3. The summed E-state index contributed by atoms with van der Waals surface area (Å²) in [7, 11) is 0. The van der Waals surface area contributed by atoms with Gasteiger partial charge in [-0.25, -0.2) is 14.8 Å². The first-order chi connectivity index (χ1) is 15.7. The second kappa shape index (κ2) is 9.33. The van der Waals surface area contributed by atoms with Crippen molar-refractivity contribution in [1.82, 2.24) is 20.2 Å². The van der Waals surface area contributed by atoms with Gasteiger partial charge in [-0.05, 0) is 36.1 Å². The van der Waals surface area contributed by atoms with E-state index in [9.17, 15) is 18.0 Å². The minimum atomic E-state index is -4.60. The largest absolute Gasteiger partial charge is 0.433 e. The van der Waals surface area contributed by atoms with Gasteiger partial charge in [0.05, 0.1) is 22.6 Å². The molecule has 1 N–H and O–H groups in total. The lowest BCUT2D eigenvalue weighted by molar-refractivity contribution is -0.141. The Labute approximate surface area is 188 Å². The van der Waals surface area contributed by atoms with Gasteiger partial charge >= 0.3 is 11.8 Å². The van der Waals surface area contributed by atoms with E-state index in [1.807, 2.05) is 0 Å². The molecule has 174 valence electrons. The van der Waals surface area contributed by atoms with Crippen molar-refractivity contribution in [2.45, 2.75) is 52.1 Å². The van der Waals surface area contributed by atoms with E-state index in [4.69, 9.17) is 4.42 Å². The first kappa shape index (κ1) is 22.9. The minimum Gasteiger partial charge on any atom is -0.401 e. The zero-order valence-corrected chi connectivity index (χ0v) is 18.4. The number of benzene rings is 1. The average Bonchev–Trinajstić information content (AvgIpc) is 3.26. The highest BCUT2D eigenvalue weighted by molar-refractivity contribution is 5.94. The molecule has 3 aromatic heterocycles. The third kappa shape index (κ3) is 5.23. The summed E-state index contributed by atoms with van der Waals surface area (Å²) in [5, 5.41) is 7.47. The van der Waals surface area contributed by atoms with Crippen LogP contribution >= 0.6 is 0 Å². The van der Waals surface area contributed by atoms with Gasteiger partial charge in [-0.3, -0.25) is 5.10 Å². The van der Waals surface area contributed by atoms with Crippen LogP contribution in [0.5, 0.6) is 0 Å². The Kier molecular flexibility index (Phi) is 6.49. The van der Waals surface area contributed by atoms with Crippen LogP contribution < -0.4 is 5.63 Å². The van der Waals surface area contributed by atoms with Crippen LogP contribution in [0.4, 0.5) is 13.2 Å². The van der Waals surface area contributed by atoms with E-state index in [1.165, 1.54) is 50.3 Å². The molecule has 1 aliphatic rings. The van der Waals surface area contributed by atoms with E-state index in [0.717, 1.165) is 17.9 Å². The van der Waals surface area contributed by atoms with Crippen LogP contribution in [0.25, 0.3) is 33.4 Å². The van der Waals surface area contributed by atoms with Crippen LogP contribution in [-0.2, 0) is 6.18 Å². The number of halogens is 3. The summed E-state index contributed by atoms with van der Waals surface area (Å²) in [6, 6.07) is 6.43. The molecule has 1 saturated carbocycles. The van der Waals surface area contributed by atoms with E-state index in [2.05, 4.69) is 34.0 Å². The molecule has 0 unspecified atom stereocenters. The summed E-state index contributed by atoms with van der Waals surface area (Å²) in [6.07, 6.45) is 4.41. The molecule has 5 rings (SSSR count). The molecule has 0 spiro atoms. The average molecular weight is 458 g/mol. The highest BCUT2D eigenvalue weighted by Gasteiger charge is 2.32. The number of hydrogen-bond acceptors (Lipinski definition) is 5. The lowest BCUT2D eigenvalue weighted by atomic mass is 9.82. The lowest BCUT2D eigenvalue weighted by Gasteiger charge is -2.24. The Morgan fingerprint density at radius 2 is 1.85 bits per heavy atom. The summed E-state index contributed by atoms with van der Waals surface area (Å²) in [4.78, 5) is 19.7. The van der Waals surface area contributed by atoms with Gasteiger partial charge in [0.2, 0.25) is 5.89 Å². The van der Waals surface area contributed by atoms with Crippen LogP contribution in [-0.4, -0.2) is 20.2 Å². The fourth-order valence-corrected chi connectivity index (χ4v) is 4.13. The van der Waals surface area contributed by atoms with Crippen LogP contribution in [0.3, 0.4) is 0 Å². The monoisotopic (exact) mass is 458 g/mol. The minimum absolute atomic E-state index is 0.170. The Bertz CT molecular complexity index is 1300. The smallest absolute Gasteiger partial charge is 0.401 e. The van der Waals surface area contributed by atoms with Gasteiger partial charge in [0.25, 0.3) is 0 Å². The van der Waals surface area contributed by atoms with Crippen molar-refractivity contribution in [1.29, 1.82) is 0 Å². The van der Waals surface area contributed by atoms with Crippen LogP contribution in [0.2, 0.25) is 0 Å². The second-order valence-corrected chi connectivity index (χ2v) is 8.68. The van der Waals surface area contributed by atoms with Crippen LogP contribution in [0.15, 0.2) is 45.7 Å². The van der Waals surface area contributed by atoms with Gasteiger partial charge in [-0.15, -0.1) is 0 Å². The number of rotatable bonds is 2. The molecule has 0 aliphatic heterocycles. The van der Waals surface area contributed by atoms with E-state index in [1.54, 1.807) is 12.3 Å². The van der Waals surface area contributed by atoms with E-state index >= 15 is 0 Å². The molecule has 1 fully saturated rings. The number of nitrogens with one attached hydrogen (secondary N) is 1. The predicted molar refractivity (Wildman–Crippen MR) is 120 cm³/mol. The first-order valence-electron chi connectivity index (χ1n) is 11.0. The van der Waals surface area contributed by atoms with Crippen molar-refractivity contribution in [3.8, 4) is 11.6 Å². The van der Waals surface area contributed by atoms with E-state index in [-0.39, 0.29) is 22.5 Å². The van der Waals surface area contributed by atoms with Gasteiger partial charge in [0.15, 0.2) is 0 Å². The molecule has 0 bridgehead atoms. The Morgan fingerprint density at radius 3 is 2.52 bits per heavy atom. The zero-order valence-electron chi connectivity index (χ0n) is 18.4. The normalized spacial score (nSPS) is 15.1. The number of aromatic amines is 1. The van der Waals surface area contributed by atoms with E-state index in [0.29, 0.717) is 10.9 Å². The number of pyridine rings is 1. The highest BCUT2D eigenvalue weighted by atomic mass is 19.4. The molecule has 0 radical (unpaired) electrons. The van der Waals surface area contributed by atoms with Crippen molar-refractivity contribution in [2.24, 2.45) is 11.8 Å². The van der Waals surface area contributed by atoms with Crippen molar-refractivity contribution >= 4 is 21.8 Å². The number of alkyl halides is 3. The Morgan fingerprint density at radius 1 is 1.09 bits per heavy atom. The molecule has 1 aromatic carbocycles. The molecular weight excluding hydrogens is 433 g/mol. The quantitative estimate of drug-likeness (QED) is 0.377. The first-order valence-corrected chi connectivity index (χ1v) is 11.0. The maximum atomic E-state index is 12.8. The van der Waals surface area contributed by atoms with Gasteiger partial charge < -0.3 is 4.42 Å². The second-order valence-electron chi connectivity index (χ2n) is 8.68. The number of aromatic nitrogens is 4. The number of hydrogen-bond donors (Lipinski definition) is 1. The number of H-pyrrole nitrogens is 1. The predicted octanol–water partition coefficient (Wildman–Crippen LogP) is 6.37. The summed E-state index contributed by atoms with van der Waals surface area (Å²) >= 11 is 0. The van der Waals surface area contributed by atoms with Crippen LogP contribution in [0, 0.1) is 11.8 Å². The molecule has 9 heteroatoms. The molecule has 0 atom stereocenters. The Balaban J connectivity index is 0.000000243. The molecule has 6 nitrogen and oxygen atoms in total. The van der Waals surface area contributed by atoms with Crippen molar-refractivity contribution in [2.75, 3.05) is 0 Å². The van der Waals surface area contributed by atoms with Gasteiger partial charge in [-0.2, -0.15) is 18.3 Å². The third-order valence-electron chi connectivity index (χ3n) is 6.04. The third-order valence-corrected chi connectivity index (χ3v) is 6.04. The van der Waals surface area contributed by atoms with Gasteiger partial charge in [0, 0.05) is 5.39 Å². The molecule has 4 aromatic rings. The summed E-state index contributed by atoms with van der Waals surface area (Å²) < 4.78 is 43.3. The molecule has 33 heavy (non-hydrogen) atoms. The summed E-state index contributed by atoms with van der Waals surface area (Å²) in [6.45, 7) is 4.71. The maximum absolute atomic E-state index is 12.8. The van der Waals surface area contributed by atoms with Gasteiger partial charge in [0.1, 0.15) is 11.4 Å². The highest BCUT2D eigenvalue weighted by Crippen LogP contribution is 2.30. The molecule has 1 aliphatic carbocycles. The summed E-state index contributed by atoms with van der Waals surface area (Å²) in [5.74, 6) is 1.71. The summed E-state index contributed by atoms with van der Waals surface area (Å²) in [5.41, 5.74) is -1.06. The molecular formula is C24H25F3N4O2. The topological polar surface area (TPSA) is 84.7 Å². The molecule has 0 amide bonds. The fraction of sp³-hybridized carbons (Fsp3) is 0.417. The van der Waals surface area contributed by atoms with Crippen molar-refractivity contribution < 1.29 is 17.6 Å². The van der Waals surface area contributed by atoms with E-state index < -0.39 is 17.5 Å². The fourth-order valence-electron chi connectivity index (χ4n) is 4.13.